The molecule has 1 N–H and O–H groups in total. The largest absolute Gasteiger partial charge is 0.0622 e. The topological polar surface area (TPSA) is 106 Å². The third kappa shape index (κ3) is 17.6. The Bertz CT molecular complexity index is 1100. The van der Waals surface area contributed by atoms with E-state index in [-0.39, 0.29) is 36.3 Å². The minimum absolute atomic E-state index is 0. The van der Waals surface area contributed by atoms with E-state index < -0.39 is 6.16 Å². The van der Waals surface area contributed by atoms with Gasteiger partial charge in [0, 0.05) is 20.4 Å². The second-order valence-corrected chi connectivity index (χ2v) is 12.8. The summed E-state index contributed by atoms with van der Waals surface area (Å²) in [5.74, 6) is 0. The summed E-state index contributed by atoms with van der Waals surface area (Å²) in [5.41, 5.74) is 0. The summed E-state index contributed by atoms with van der Waals surface area (Å²) < 4.78 is 26.6. The molecule has 0 amide bonds. The Kier molecular flexibility index (Phi) is 28.3. The maximum absolute atomic E-state index is 9.54. The van der Waals surface area contributed by atoms with E-state index in [0.717, 1.165) is 6.42 Å². The van der Waals surface area contributed by atoms with Crippen molar-refractivity contribution in [3.8, 4) is 0 Å². The zero-order chi connectivity index (χ0) is 31.4. The predicted octanol–water partition coefficient (Wildman–Crippen LogP) is 6.62. The van der Waals surface area contributed by atoms with Crippen molar-refractivity contribution in [3.05, 3.63) is 141 Å². The summed E-state index contributed by atoms with van der Waals surface area (Å²) in [6, 6.07) is 44.3. The van der Waals surface area contributed by atoms with Crippen LogP contribution in [0.2, 0.25) is 0 Å². The summed E-state index contributed by atoms with van der Waals surface area (Å²) in [4.78, 5) is 9.54. The number of carbonyl (C=O) groups is 1. The molecule has 0 aliphatic carbocycles. The van der Waals surface area contributed by atoms with Crippen molar-refractivity contribution >= 4 is 43.2 Å². The molecular weight excluding hydrogens is 753 g/mol. The van der Waals surface area contributed by atoms with Crippen LogP contribution in [0.1, 0.15) is 19.8 Å². The standard InChI is InChI=1S/C27H26P2.C4H8O3.3CO.Re/c1-5-14-24(15-6-1)28(25-16-7-2-8-17-25)22-13-23-29(26-18-9-3-10-19-26)27-20-11-4-12-21-27;1-2-3-7-4(5)6;3*1-2;/h1-12,14-21H,13,22-23H2;2-3H2,1H3,(H,5,6);;;;. The molecule has 0 bridgehead atoms. The number of ether oxygens (including phenoxy) is 1. The second kappa shape index (κ2) is 29.0. The van der Waals surface area contributed by atoms with Crippen molar-refractivity contribution in [3.63, 3.8) is 0 Å². The van der Waals surface area contributed by atoms with E-state index in [1.807, 2.05) is 6.92 Å². The third-order valence-electron chi connectivity index (χ3n) is 5.46. The van der Waals surface area contributed by atoms with Gasteiger partial charge in [-0.1, -0.05) is 128 Å². The van der Waals surface area contributed by atoms with Gasteiger partial charge in [-0.15, -0.1) is 0 Å². The van der Waals surface area contributed by atoms with Crippen LogP contribution in [0, 0.1) is 20.0 Å². The first-order valence-corrected chi connectivity index (χ1v) is 16.0. The maximum Gasteiger partial charge on any atom is 0 e. The van der Waals surface area contributed by atoms with Gasteiger partial charge >= 0.3 is 40.1 Å². The van der Waals surface area contributed by atoms with Crippen molar-refractivity contribution in [2.24, 2.45) is 0 Å². The molecule has 6 nitrogen and oxygen atoms in total. The SMILES string of the molecule is CCCOC(=O)O.[C-]#[O+].[C-]#[O+].[C-]#[O+].[Re].c1ccc(P(CCCP(c2ccccc2)c2ccccc2)c2ccccc2)cc1. The minimum atomic E-state index is -1.19. The van der Waals surface area contributed by atoms with Crippen LogP contribution >= 0.6 is 15.8 Å². The van der Waals surface area contributed by atoms with E-state index in [1.165, 1.54) is 40.0 Å². The van der Waals surface area contributed by atoms with Gasteiger partial charge in [0.2, 0.25) is 0 Å². The number of benzene rings is 4. The Morgan fingerprint density at radius 3 is 1.05 bits per heavy atom. The molecule has 0 atom stereocenters. The Morgan fingerprint density at radius 2 is 0.860 bits per heavy atom. The second-order valence-electron chi connectivity index (χ2n) is 8.11. The molecule has 0 fully saturated rings. The van der Waals surface area contributed by atoms with Gasteiger partial charge in [0.15, 0.2) is 0 Å². The van der Waals surface area contributed by atoms with Crippen molar-refractivity contribution in [1.29, 1.82) is 0 Å². The van der Waals surface area contributed by atoms with Crippen LogP contribution in [0.4, 0.5) is 4.79 Å². The van der Waals surface area contributed by atoms with Crippen LogP contribution in [-0.2, 0) is 39.1 Å². The molecule has 0 aliphatic heterocycles. The summed E-state index contributed by atoms with van der Waals surface area (Å²) in [6.45, 7) is 15.7. The van der Waals surface area contributed by atoms with E-state index in [0.29, 0.717) is 6.61 Å². The van der Waals surface area contributed by atoms with Crippen LogP contribution in [-0.4, -0.2) is 30.2 Å². The van der Waals surface area contributed by atoms with Crippen LogP contribution in [0.5, 0.6) is 0 Å². The van der Waals surface area contributed by atoms with Gasteiger partial charge in [0.25, 0.3) is 0 Å². The van der Waals surface area contributed by atoms with Gasteiger partial charge in [0.05, 0.1) is 6.61 Å². The molecular formula is C34H34O6P2Re. The van der Waals surface area contributed by atoms with Crippen LogP contribution in [0.15, 0.2) is 121 Å². The molecule has 0 aliphatic rings. The van der Waals surface area contributed by atoms with Gasteiger partial charge in [-0.05, 0) is 62.2 Å². The molecule has 43 heavy (non-hydrogen) atoms. The van der Waals surface area contributed by atoms with Gasteiger partial charge in [-0.3, -0.25) is 0 Å². The Hall–Kier alpha value is -3.11. The van der Waals surface area contributed by atoms with Crippen molar-refractivity contribution in [2.45, 2.75) is 19.8 Å². The average molecular weight is 787 g/mol. The Labute approximate surface area is 271 Å². The molecule has 223 valence electrons. The first kappa shape index (κ1) is 42.0. The van der Waals surface area contributed by atoms with E-state index in [4.69, 9.17) is 19.1 Å². The van der Waals surface area contributed by atoms with E-state index >= 15 is 0 Å². The first-order chi connectivity index (χ1) is 20.7. The predicted molar refractivity (Wildman–Crippen MR) is 169 cm³/mol. The fraction of sp³-hybridized carbons (Fsp3) is 0.176. The molecule has 0 aromatic heterocycles. The summed E-state index contributed by atoms with van der Waals surface area (Å²) in [7, 11) is -0.618. The molecule has 4 aromatic carbocycles. The molecule has 0 heterocycles. The molecule has 0 saturated carbocycles. The molecule has 1 radical (unpaired) electrons. The van der Waals surface area contributed by atoms with Crippen molar-refractivity contribution < 1.29 is 49.0 Å². The normalized spacial score (nSPS) is 8.95. The van der Waals surface area contributed by atoms with Crippen LogP contribution in [0.3, 0.4) is 0 Å². The van der Waals surface area contributed by atoms with Gasteiger partial charge in [0.1, 0.15) is 0 Å². The van der Waals surface area contributed by atoms with Gasteiger partial charge in [-0.2, -0.15) is 0 Å². The quantitative estimate of drug-likeness (QED) is 0.0846. The molecule has 4 aromatic rings. The van der Waals surface area contributed by atoms with Crippen LogP contribution in [0.25, 0.3) is 0 Å². The van der Waals surface area contributed by atoms with Crippen LogP contribution < -0.4 is 21.2 Å². The van der Waals surface area contributed by atoms with E-state index in [9.17, 15) is 4.79 Å². The smallest absolute Gasteiger partial charge is 0 e. The van der Waals surface area contributed by atoms with E-state index in [2.05, 4.69) is 146 Å². The fourth-order valence-corrected chi connectivity index (χ4v) is 8.78. The van der Waals surface area contributed by atoms with Gasteiger partial charge < -0.3 is 9.84 Å². The Morgan fingerprint density at radius 1 is 0.605 bits per heavy atom. The van der Waals surface area contributed by atoms with Gasteiger partial charge in [-0.25, -0.2) is 4.79 Å². The zero-order valence-corrected chi connectivity index (χ0v) is 28.3. The summed E-state index contributed by atoms with van der Waals surface area (Å²) in [5, 5.41) is 13.8. The third-order valence-corrected chi connectivity index (χ3v) is 10.7. The number of hydrogen-bond acceptors (Lipinski definition) is 2. The minimum Gasteiger partial charge on any atom is -0.0622 e. The molecule has 0 saturated heterocycles. The number of carboxylic acid groups (broad SMARTS) is 1. The van der Waals surface area contributed by atoms with Crippen molar-refractivity contribution in [2.75, 3.05) is 18.9 Å². The number of hydrogen-bond donors (Lipinski definition) is 1. The number of rotatable bonds is 10. The first-order valence-electron chi connectivity index (χ1n) is 12.9. The average Bonchev–Trinajstić information content (AvgIpc) is 3.08. The summed E-state index contributed by atoms with van der Waals surface area (Å²) in [6.07, 6.45) is 3.27. The van der Waals surface area contributed by atoms with Crippen molar-refractivity contribution in [1.82, 2.24) is 0 Å². The fourth-order valence-electron chi connectivity index (χ4n) is 3.82. The summed E-state index contributed by atoms with van der Waals surface area (Å²) >= 11 is 0. The monoisotopic (exact) mass is 787 g/mol. The molecule has 4 rings (SSSR count). The van der Waals surface area contributed by atoms with E-state index in [1.54, 1.807) is 0 Å². The molecule has 0 unspecified atom stereocenters. The maximum atomic E-state index is 9.54. The molecule has 0 spiro atoms. The Balaban J connectivity index is 0. The molecule has 9 heteroatoms. The zero-order valence-electron chi connectivity index (χ0n) is 23.8.